The molecule has 3 nitrogen and oxygen atoms in total. The van der Waals surface area contributed by atoms with E-state index >= 15 is 0 Å². The lowest BCUT2D eigenvalue weighted by Crippen LogP contribution is -2.33. The quantitative estimate of drug-likeness (QED) is 0.809. The van der Waals surface area contributed by atoms with E-state index in [1.54, 1.807) is 11.3 Å². The minimum Gasteiger partial charge on any atom is -0.303 e. The van der Waals surface area contributed by atoms with Gasteiger partial charge in [0.15, 0.2) is 0 Å². The Labute approximate surface area is 123 Å². The molecule has 3 rings (SSSR count). The fourth-order valence-electron chi connectivity index (χ4n) is 2.57. The number of carbonyl (C=O) groups is 1. The second-order valence-electron chi connectivity index (χ2n) is 5.26. The van der Waals surface area contributed by atoms with Gasteiger partial charge in [-0.25, -0.2) is 4.98 Å². The molecule has 1 fully saturated rings. The van der Waals surface area contributed by atoms with Crippen molar-refractivity contribution in [2.75, 3.05) is 13.1 Å². The second-order valence-corrected chi connectivity index (χ2v) is 6.12. The number of hydrogen-bond donors (Lipinski definition) is 0. The van der Waals surface area contributed by atoms with Gasteiger partial charge in [0.2, 0.25) is 0 Å². The van der Waals surface area contributed by atoms with Crippen LogP contribution < -0.4 is 0 Å². The van der Waals surface area contributed by atoms with E-state index in [9.17, 15) is 4.79 Å². The van der Waals surface area contributed by atoms with Crippen LogP contribution in [0.4, 0.5) is 0 Å². The van der Waals surface area contributed by atoms with Crippen molar-refractivity contribution >= 4 is 17.6 Å². The van der Waals surface area contributed by atoms with Crippen molar-refractivity contribution in [3.05, 3.63) is 41.4 Å². The summed E-state index contributed by atoms with van der Waals surface area (Å²) in [7, 11) is 0. The molecule has 1 aromatic heterocycles. The van der Waals surface area contributed by atoms with E-state index in [0.29, 0.717) is 0 Å². The van der Waals surface area contributed by atoms with Crippen molar-refractivity contribution in [2.45, 2.75) is 19.4 Å². The molecule has 1 aromatic carbocycles. The molecule has 0 bridgehead atoms. The summed E-state index contributed by atoms with van der Waals surface area (Å²) in [6.07, 6.45) is 3.08. The molecule has 0 unspecified atom stereocenters. The fourth-order valence-corrected chi connectivity index (χ4v) is 3.39. The van der Waals surface area contributed by atoms with Crippen molar-refractivity contribution in [3.63, 3.8) is 0 Å². The monoisotopic (exact) mass is 286 g/mol. The lowest BCUT2D eigenvalue weighted by atomic mass is 9.99. The number of aldehydes is 1. The smallest absolute Gasteiger partial charge is 0.123 e. The number of carbonyl (C=O) groups excluding carboxylic acids is 1. The maximum absolute atomic E-state index is 10.8. The predicted octanol–water partition coefficient (Wildman–Crippen LogP) is 3.22. The summed E-state index contributed by atoms with van der Waals surface area (Å²) in [6.45, 7) is 2.90. The largest absolute Gasteiger partial charge is 0.303 e. The fraction of sp³-hybridized carbons (Fsp3) is 0.375. The molecule has 2 heterocycles. The second kappa shape index (κ2) is 6.29. The van der Waals surface area contributed by atoms with E-state index in [0.717, 1.165) is 49.5 Å². The number of rotatable bonds is 4. The molecule has 1 saturated heterocycles. The van der Waals surface area contributed by atoms with Crippen LogP contribution in [0.3, 0.4) is 0 Å². The van der Waals surface area contributed by atoms with Gasteiger partial charge in [0.25, 0.3) is 0 Å². The Morgan fingerprint density at radius 2 is 2.00 bits per heavy atom. The summed E-state index contributed by atoms with van der Waals surface area (Å²) >= 11 is 1.70. The number of hydrogen-bond acceptors (Lipinski definition) is 4. The molecule has 0 aliphatic carbocycles. The third-order valence-corrected chi connectivity index (χ3v) is 4.72. The van der Waals surface area contributed by atoms with Crippen molar-refractivity contribution < 1.29 is 4.79 Å². The van der Waals surface area contributed by atoms with Gasteiger partial charge >= 0.3 is 0 Å². The standard InChI is InChI=1S/C16H18N2OS/c19-11-13-6-8-18(9-7-13)10-15-12-20-16(17-15)14-4-2-1-3-5-14/h1-5,11-13H,6-10H2. The van der Waals surface area contributed by atoms with Gasteiger partial charge in [-0.05, 0) is 25.9 Å². The highest BCUT2D eigenvalue weighted by Gasteiger charge is 2.19. The Morgan fingerprint density at radius 3 is 2.70 bits per heavy atom. The number of benzene rings is 1. The zero-order chi connectivity index (χ0) is 13.8. The Balaban J connectivity index is 1.62. The average Bonchev–Trinajstić information content (AvgIpc) is 2.97. The van der Waals surface area contributed by atoms with Gasteiger partial charge < -0.3 is 4.79 Å². The molecule has 1 aliphatic rings. The van der Waals surface area contributed by atoms with E-state index in [1.165, 1.54) is 5.56 Å². The first kappa shape index (κ1) is 13.5. The number of nitrogens with zero attached hydrogens (tertiary/aromatic N) is 2. The summed E-state index contributed by atoms with van der Waals surface area (Å²) in [4.78, 5) is 17.9. The van der Waals surface area contributed by atoms with Crippen molar-refractivity contribution in [1.29, 1.82) is 0 Å². The van der Waals surface area contributed by atoms with Gasteiger partial charge in [-0.1, -0.05) is 30.3 Å². The highest BCUT2D eigenvalue weighted by molar-refractivity contribution is 7.13. The molecule has 2 aromatic rings. The first-order valence-corrected chi connectivity index (χ1v) is 7.90. The topological polar surface area (TPSA) is 33.2 Å². The first-order chi connectivity index (χ1) is 9.85. The maximum Gasteiger partial charge on any atom is 0.123 e. The lowest BCUT2D eigenvalue weighted by Gasteiger charge is -2.28. The third kappa shape index (κ3) is 3.14. The Morgan fingerprint density at radius 1 is 1.25 bits per heavy atom. The molecular weight excluding hydrogens is 268 g/mol. The molecule has 0 amide bonds. The first-order valence-electron chi connectivity index (χ1n) is 7.02. The van der Waals surface area contributed by atoms with Gasteiger partial charge in [0.1, 0.15) is 11.3 Å². The summed E-state index contributed by atoms with van der Waals surface area (Å²) in [6, 6.07) is 10.3. The molecule has 0 atom stereocenters. The lowest BCUT2D eigenvalue weighted by molar-refractivity contribution is -0.112. The van der Waals surface area contributed by atoms with Crippen LogP contribution in [0.15, 0.2) is 35.7 Å². The van der Waals surface area contributed by atoms with E-state index in [1.807, 2.05) is 18.2 Å². The molecule has 104 valence electrons. The van der Waals surface area contributed by atoms with Gasteiger partial charge in [-0.2, -0.15) is 0 Å². The van der Waals surface area contributed by atoms with Gasteiger partial charge in [0.05, 0.1) is 5.69 Å². The van der Waals surface area contributed by atoms with E-state index in [2.05, 4.69) is 22.4 Å². The van der Waals surface area contributed by atoms with Crippen LogP contribution in [0, 0.1) is 5.92 Å². The number of aromatic nitrogens is 1. The molecule has 0 saturated carbocycles. The molecule has 4 heteroatoms. The summed E-state index contributed by atoms with van der Waals surface area (Å²) in [5.74, 6) is 0.265. The highest BCUT2D eigenvalue weighted by atomic mass is 32.1. The third-order valence-electron chi connectivity index (χ3n) is 3.78. The van der Waals surface area contributed by atoms with Crippen LogP contribution in [0.5, 0.6) is 0 Å². The Kier molecular flexibility index (Phi) is 4.23. The zero-order valence-electron chi connectivity index (χ0n) is 11.4. The number of thiazole rings is 1. The zero-order valence-corrected chi connectivity index (χ0v) is 12.2. The van der Waals surface area contributed by atoms with Crippen LogP contribution in [0.2, 0.25) is 0 Å². The van der Waals surface area contributed by atoms with E-state index in [4.69, 9.17) is 4.98 Å². The van der Waals surface area contributed by atoms with Crippen molar-refractivity contribution in [3.8, 4) is 10.6 Å². The number of likely N-dealkylation sites (tertiary alicyclic amines) is 1. The molecule has 20 heavy (non-hydrogen) atoms. The molecule has 0 N–H and O–H groups in total. The molecular formula is C16H18N2OS. The SMILES string of the molecule is O=CC1CCN(Cc2csc(-c3ccccc3)n2)CC1. The summed E-state index contributed by atoms with van der Waals surface area (Å²) < 4.78 is 0. The summed E-state index contributed by atoms with van der Waals surface area (Å²) in [5.41, 5.74) is 2.32. The number of piperidine rings is 1. The minimum absolute atomic E-state index is 0.265. The van der Waals surface area contributed by atoms with Crippen LogP contribution in [-0.4, -0.2) is 29.3 Å². The average molecular weight is 286 g/mol. The Hall–Kier alpha value is -1.52. The Bertz CT molecular complexity index is 559. The molecule has 0 radical (unpaired) electrons. The normalized spacial score (nSPS) is 17.2. The molecule has 1 aliphatic heterocycles. The van der Waals surface area contributed by atoms with Crippen LogP contribution >= 0.6 is 11.3 Å². The van der Waals surface area contributed by atoms with Crippen molar-refractivity contribution in [1.82, 2.24) is 9.88 Å². The van der Waals surface area contributed by atoms with Gasteiger partial charge in [-0.3, -0.25) is 4.90 Å². The van der Waals surface area contributed by atoms with Crippen molar-refractivity contribution in [2.24, 2.45) is 5.92 Å². The predicted molar refractivity (Wildman–Crippen MR) is 81.6 cm³/mol. The van der Waals surface area contributed by atoms with Gasteiger partial charge in [0, 0.05) is 23.4 Å². The minimum atomic E-state index is 0.265. The van der Waals surface area contributed by atoms with Crippen LogP contribution in [0.25, 0.3) is 10.6 Å². The van der Waals surface area contributed by atoms with E-state index < -0.39 is 0 Å². The summed E-state index contributed by atoms with van der Waals surface area (Å²) in [5, 5.41) is 3.23. The van der Waals surface area contributed by atoms with E-state index in [-0.39, 0.29) is 5.92 Å². The molecule has 0 spiro atoms. The van der Waals surface area contributed by atoms with Gasteiger partial charge in [-0.15, -0.1) is 11.3 Å². The highest BCUT2D eigenvalue weighted by Crippen LogP contribution is 2.24. The maximum atomic E-state index is 10.8. The van der Waals surface area contributed by atoms with Crippen LogP contribution in [0.1, 0.15) is 18.5 Å². The van der Waals surface area contributed by atoms with Crippen LogP contribution in [-0.2, 0) is 11.3 Å².